The summed E-state index contributed by atoms with van der Waals surface area (Å²) in [6.45, 7) is 0. The van der Waals surface area contributed by atoms with Crippen molar-refractivity contribution in [2.75, 3.05) is 0 Å². The van der Waals surface area contributed by atoms with E-state index >= 15 is 0 Å². The fourth-order valence-electron chi connectivity index (χ4n) is 5.42. The molecule has 0 amide bonds. The van der Waals surface area contributed by atoms with E-state index in [1.807, 2.05) is 65.2 Å². The average molecular weight is 646 g/mol. The number of carboxylic acid groups (broad SMARTS) is 3. The zero-order chi connectivity index (χ0) is 30.8. The molecular weight excluding hydrogens is 623 g/mol. The Bertz CT molecular complexity index is 1890. The molecular formula is C37H22NNa3O6. The predicted octanol–water partition coefficient (Wildman–Crippen LogP) is -4.75. The van der Waals surface area contributed by atoms with Crippen LogP contribution in [0.4, 0.5) is 0 Å². The number of benzene rings is 5. The first-order valence-electron chi connectivity index (χ1n) is 13.7. The summed E-state index contributed by atoms with van der Waals surface area (Å²) in [7, 11) is 0. The number of aromatic carboxylic acids is 3. The van der Waals surface area contributed by atoms with Gasteiger partial charge in [0.2, 0.25) is 0 Å². The van der Waals surface area contributed by atoms with Crippen LogP contribution in [-0.2, 0) is 0 Å². The SMILES string of the molecule is O=C([O-])c1ccc(-c2c(-c3ccccc3)c(-c3ccccc3)c(-c3ccc(C(=O)[O-])cc3)n2-c2ccc(C(=O)[O-])cc2)cc1.[Na+].[Na+].[Na+]. The zero-order valence-corrected chi connectivity index (χ0v) is 32.1. The quantitative estimate of drug-likeness (QED) is 0.153. The van der Waals surface area contributed by atoms with Crippen molar-refractivity contribution in [1.29, 1.82) is 0 Å². The summed E-state index contributed by atoms with van der Waals surface area (Å²) in [5, 5.41) is 34.8. The van der Waals surface area contributed by atoms with Crippen molar-refractivity contribution in [2.24, 2.45) is 0 Å². The number of carbonyl (C=O) groups is 3. The largest absolute Gasteiger partial charge is 1.00 e. The molecule has 6 rings (SSSR count). The molecule has 0 bridgehead atoms. The maximum atomic E-state index is 11.6. The molecule has 1 heterocycles. The third-order valence-corrected chi connectivity index (χ3v) is 7.45. The Hall–Kier alpha value is -3.21. The molecule has 10 heteroatoms. The van der Waals surface area contributed by atoms with Gasteiger partial charge in [-0.15, -0.1) is 0 Å². The van der Waals surface area contributed by atoms with E-state index in [0.29, 0.717) is 28.2 Å². The van der Waals surface area contributed by atoms with Gasteiger partial charge in [-0.05, 0) is 51.1 Å². The van der Waals surface area contributed by atoms with Crippen LogP contribution in [0.2, 0.25) is 0 Å². The second-order valence-corrected chi connectivity index (χ2v) is 10.1. The van der Waals surface area contributed by atoms with Crippen molar-refractivity contribution >= 4 is 17.9 Å². The minimum absolute atomic E-state index is 0. The van der Waals surface area contributed by atoms with E-state index in [-0.39, 0.29) is 105 Å². The van der Waals surface area contributed by atoms with E-state index in [2.05, 4.69) is 0 Å². The molecule has 0 atom stereocenters. The van der Waals surface area contributed by atoms with Crippen molar-refractivity contribution in [2.45, 2.75) is 0 Å². The van der Waals surface area contributed by atoms with Crippen LogP contribution in [0.3, 0.4) is 0 Å². The molecule has 214 valence electrons. The first-order chi connectivity index (χ1) is 21.3. The first kappa shape index (κ1) is 38.2. The van der Waals surface area contributed by atoms with Crippen LogP contribution >= 0.6 is 0 Å². The van der Waals surface area contributed by atoms with Crippen LogP contribution in [0.15, 0.2) is 133 Å². The summed E-state index contributed by atoms with van der Waals surface area (Å²) in [4.78, 5) is 34.8. The van der Waals surface area contributed by atoms with Gasteiger partial charge >= 0.3 is 88.7 Å². The number of carbonyl (C=O) groups excluding carboxylic acids is 3. The van der Waals surface area contributed by atoms with E-state index < -0.39 is 17.9 Å². The molecule has 0 fully saturated rings. The number of carboxylic acids is 3. The summed E-state index contributed by atoms with van der Waals surface area (Å²) in [6.07, 6.45) is 0. The van der Waals surface area contributed by atoms with Gasteiger partial charge in [-0.2, -0.15) is 0 Å². The summed E-state index contributed by atoms with van der Waals surface area (Å²) in [6, 6.07) is 38.4. The number of rotatable bonds is 8. The zero-order valence-electron chi connectivity index (χ0n) is 26.1. The van der Waals surface area contributed by atoms with E-state index in [9.17, 15) is 29.7 Å². The molecule has 7 nitrogen and oxygen atoms in total. The molecule has 0 unspecified atom stereocenters. The number of aromatic nitrogens is 1. The van der Waals surface area contributed by atoms with Crippen molar-refractivity contribution < 1.29 is 118 Å². The molecule has 0 saturated heterocycles. The Morgan fingerprint density at radius 1 is 0.383 bits per heavy atom. The third kappa shape index (κ3) is 7.92. The third-order valence-electron chi connectivity index (χ3n) is 7.45. The molecule has 1 aromatic heterocycles. The van der Waals surface area contributed by atoms with Crippen LogP contribution in [0, 0.1) is 0 Å². The Labute approximate surface area is 337 Å². The van der Waals surface area contributed by atoms with Crippen LogP contribution in [0.25, 0.3) is 50.5 Å². The monoisotopic (exact) mass is 645 g/mol. The molecule has 5 aromatic carbocycles. The topological polar surface area (TPSA) is 125 Å². The molecule has 0 spiro atoms. The van der Waals surface area contributed by atoms with Gasteiger partial charge in [-0.25, -0.2) is 0 Å². The molecule has 6 aromatic rings. The minimum atomic E-state index is -1.31. The van der Waals surface area contributed by atoms with E-state index in [1.165, 1.54) is 36.4 Å². The van der Waals surface area contributed by atoms with Gasteiger partial charge in [0.1, 0.15) is 0 Å². The smallest absolute Gasteiger partial charge is 0.545 e. The van der Waals surface area contributed by atoms with Gasteiger partial charge in [0, 0.05) is 16.8 Å². The van der Waals surface area contributed by atoms with Gasteiger partial charge < -0.3 is 34.3 Å². The standard InChI is InChI=1S/C37H25NO6.3Na/c39-35(40)27-15-11-25(12-16-27)33-31(23-7-3-1-4-8-23)32(24-9-5-2-6-10-24)34(26-13-17-28(18-14-26)36(41)42)38(33)30-21-19-29(20-22-30)37(43)44;;;/h1-22H,(H,39,40)(H,41,42)(H,43,44);;;/q;3*+1/p-3. The maximum absolute atomic E-state index is 11.6. The first-order valence-corrected chi connectivity index (χ1v) is 13.7. The molecule has 0 aliphatic carbocycles. The second-order valence-electron chi connectivity index (χ2n) is 10.1. The summed E-state index contributed by atoms with van der Waals surface area (Å²) in [5.74, 6) is -3.91. The van der Waals surface area contributed by atoms with Crippen LogP contribution in [0.5, 0.6) is 0 Å². The number of hydrogen-bond acceptors (Lipinski definition) is 6. The Kier molecular flexibility index (Phi) is 13.6. The normalized spacial score (nSPS) is 10.1. The Balaban J connectivity index is 0.00000200. The predicted molar refractivity (Wildman–Crippen MR) is 161 cm³/mol. The van der Waals surface area contributed by atoms with Crippen molar-refractivity contribution in [3.8, 4) is 50.5 Å². The van der Waals surface area contributed by atoms with E-state index in [1.54, 1.807) is 36.4 Å². The van der Waals surface area contributed by atoms with Gasteiger partial charge in [0.25, 0.3) is 0 Å². The maximum Gasteiger partial charge on any atom is 1.00 e. The minimum Gasteiger partial charge on any atom is -0.545 e. The second kappa shape index (κ2) is 16.8. The van der Waals surface area contributed by atoms with Crippen molar-refractivity contribution in [3.05, 3.63) is 150 Å². The van der Waals surface area contributed by atoms with Gasteiger partial charge in [0.05, 0.1) is 29.3 Å². The molecule has 0 saturated carbocycles. The van der Waals surface area contributed by atoms with Crippen LogP contribution < -0.4 is 104 Å². The van der Waals surface area contributed by atoms with Crippen molar-refractivity contribution in [3.63, 3.8) is 0 Å². The molecule has 0 aliphatic heterocycles. The summed E-state index contributed by atoms with van der Waals surface area (Å²) in [5.41, 5.74) is 6.88. The van der Waals surface area contributed by atoms with Gasteiger partial charge in [0.15, 0.2) is 0 Å². The summed E-state index contributed by atoms with van der Waals surface area (Å²) < 4.78 is 1.98. The van der Waals surface area contributed by atoms with Crippen LogP contribution in [-0.4, -0.2) is 22.5 Å². The Morgan fingerprint density at radius 2 is 0.681 bits per heavy atom. The summed E-state index contributed by atoms with van der Waals surface area (Å²) >= 11 is 0. The van der Waals surface area contributed by atoms with Gasteiger partial charge in [-0.1, -0.05) is 121 Å². The molecule has 0 radical (unpaired) electrons. The number of nitrogens with zero attached hydrogens (tertiary/aromatic N) is 1. The van der Waals surface area contributed by atoms with E-state index in [0.717, 1.165) is 22.3 Å². The fourth-order valence-corrected chi connectivity index (χ4v) is 5.42. The molecule has 47 heavy (non-hydrogen) atoms. The van der Waals surface area contributed by atoms with Gasteiger partial charge in [-0.3, -0.25) is 0 Å². The van der Waals surface area contributed by atoms with E-state index in [4.69, 9.17) is 0 Å². The average Bonchev–Trinajstić information content (AvgIpc) is 3.42. The fraction of sp³-hybridized carbons (Fsp3) is 0. The number of hydrogen-bond donors (Lipinski definition) is 0. The Morgan fingerprint density at radius 3 is 0.979 bits per heavy atom. The molecule has 0 N–H and O–H groups in total. The van der Waals surface area contributed by atoms with Crippen LogP contribution in [0.1, 0.15) is 31.1 Å². The van der Waals surface area contributed by atoms with Crippen molar-refractivity contribution in [1.82, 2.24) is 4.57 Å². The molecule has 0 aliphatic rings.